The zero-order valence-electron chi connectivity index (χ0n) is 15.8. The summed E-state index contributed by atoms with van der Waals surface area (Å²) in [7, 11) is 0. The van der Waals surface area contributed by atoms with Crippen LogP contribution in [0.5, 0.6) is 0 Å². The van der Waals surface area contributed by atoms with E-state index in [1.807, 2.05) is 18.7 Å². The molecular weight excluding hydrogens is 366 g/mol. The minimum atomic E-state index is -0.772. The Kier molecular flexibility index (Phi) is 6.05. The van der Waals surface area contributed by atoms with E-state index in [1.165, 1.54) is 0 Å². The number of halogens is 1. The van der Waals surface area contributed by atoms with E-state index in [4.69, 9.17) is 11.6 Å². The first-order valence-electron chi connectivity index (χ1n) is 9.58. The maximum Gasteiger partial charge on any atom is 0.313 e. The van der Waals surface area contributed by atoms with Crippen molar-refractivity contribution >= 4 is 35.0 Å². The third-order valence-electron chi connectivity index (χ3n) is 5.34. The van der Waals surface area contributed by atoms with E-state index in [9.17, 15) is 14.4 Å². The van der Waals surface area contributed by atoms with Gasteiger partial charge in [0.25, 0.3) is 5.91 Å². The molecule has 0 bridgehead atoms. The summed E-state index contributed by atoms with van der Waals surface area (Å²) in [6, 6.07) is 4.95. The molecule has 2 atom stereocenters. The van der Waals surface area contributed by atoms with Crippen LogP contribution in [0, 0.1) is 5.92 Å². The fourth-order valence-corrected chi connectivity index (χ4v) is 3.75. The van der Waals surface area contributed by atoms with Crippen molar-refractivity contribution in [3.63, 3.8) is 0 Å². The predicted octanol–water partition coefficient (Wildman–Crippen LogP) is 3.21. The number of piperidine rings is 1. The van der Waals surface area contributed by atoms with E-state index in [0.717, 1.165) is 32.1 Å². The smallest absolute Gasteiger partial charge is 0.313 e. The van der Waals surface area contributed by atoms with Crippen LogP contribution in [0.2, 0.25) is 5.02 Å². The van der Waals surface area contributed by atoms with Gasteiger partial charge in [0, 0.05) is 23.7 Å². The number of benzene rings is 1. The van der Waals surface area contributed by atoms with Gasteiger partial charge in [0.2, 0.25) is 0 Å². The summed E-state index contributed by atoms with van der Waals surface area (Å²) in [5.41, 5.74) is 0.618. The molecule has 0 unspecified atom stereocenters. The molecule has 1 aliphatic heterocycles. The average molecular weight is 392 g/mol. The van der Waals surface area contributed by atoms with E-state index >= 15 is 0 Å². The molecule has 0 spiro atoms. The standard InChI is InChI=1S/C20H26ClN3O3/c1-12-4-3-5-13(2)24(12)20(27)16-10-15(21)8-9-17(16)23-19(26)18(25)22-11-14-6-7-14/h8-10,12-14H,3-7,11H2,1-2H3,(H,22,25)(H,23,26)/t12-,13-/m0/s1. The number of rotatable bonds is 4. The number of nitrogens with zero attached hydrogens (tertiary/aromatic N) is 1. The molecule has 0 radical (unpaired) electrons. The van der Waals surface area contributed by atoms with Gasteiger partial charge in [0.05, 0.1) is 11.3 Å². The Labute approximate surface area is 164 Å². The number of amides is 3. The summed E-state index contributed by atoms with van der Waals surface area (Å²) in [6.45, 7) is 4.57. The van der Waals surface area contributed by atoms with Crippen LogP contribution < -0.4 is 10.6 Å². The van der Waals surface area contributed by atoms with E-state index in [-0.39, 0.29) is 18.0 Å². The predicted molar refractivity (Wildman–Crippen MR) is 105 cm³/mol. The summed E-state index contributed by atoms with van der Waals surface area (Å²) >= 11 is 6.10. The van der Waals surface area contributed by atoms with Crippen molar-refractivity contribution in [1.82, 2.24) is 10.2 Å². The summed E-state index contributed by atoms with van der Waals surface area (Å²) in [5.74, 6) is -1.15. The minimum absolute atomic E-state index is 0.116. The van der Waals surface area contributed by atoms with Crippen LogP contribution >= 0.6 is 11.6 Å². The monoisotopic (exact) mass is 391 g/mol. The Morgan fingerprint density at radius 2 is 1.74 bits per heavy atom. The van der Waals surface area contributed by atoms with Gasteiger partial charge >= 0.3 is 11.8 Å². The lowest BCUT2D eigenvalue weighted by atomic mass is 9.96. The molecule has 1 heterocycles. The average Bonchev–Trinajstić information content (AvgIpc) is 3.45. The number of hydrogen-bond donors (Lipinski definition) is 2. The molecule has 1 aromatic rings. The summed E-state index contributed by atoms with van der Waals surface area (Å²) in [5, 5.41) is 5.61. The molecule has 27 heavy (non-hydrogen) atoms. The highest BCUT2D eigenvalue weighted by Gasteiger charge is 2.31. The molecule has 1 saturated heterocycles. The lowest BCUT2D eigenvalue weighted by molar-refractivity contribution is -0.136. The Bertz CT molecular complexity index is 738. The number of carbonyl (C=O) groups is 3. The largest absolute Gasteiger partial charge is 0.348 e. The summed E-state index contributed by atoms with van der Waals surface area (Å²) < 4.78 is 0. The highest BCUT2D eigenvalue weighted by Crippen LogP contribution is 2.29. The van der Waals surface area contributed by atoms with Gasteiger partial charge in [-0.25, -0.2) is 0 Å². The lowest BCUT2D eigenvalue weighted by Gasteiger charge is -2.39. The van der Waals surface area contributed by atoms with Crippen molar-refractivity contribution in [2.24, 2.45) is 5.92 Å². The van der Waals surface area contributed by atoms with Gasteiger partial charge < -0.3 is 15.5 Å². The minimum Gasteiger partial charge on any atom is -0.348 e. The second kappa shape index (κ2) is 8.30. The molecule has 146 valence electrons. The van der Waals surface area contributed by atoms with Crippen LogP contribution in [-0.4, -0.2) is 41.2 Å². The van der Waals surface area contributed by atoms with Gasteiger partial charge in [-0.2, -0.15) is 0 Å². The van der Waals surface area contributed by atoms with E-state index in [0.29, 0.717) is 28.7 Å². The van der Waals surface area contributed by atoms with Crippen LogP contribution in [0.4, 0.5) is 5.69 Å². The van der Waals surface area contributed by atoms with E-state index in [1.54, 1.807) is 18.2 Å². The Hall–Kier alpha value is -2.08. The van der Waals surface area contributed by atoms with Crippen LogP contribution in [0.25, 0.3) is 0 Å². The topological polar surface area (TPSA) is 78.5 Å². The van der Waals surface area contributed by atoms with Gasteiger partial charge in [0.1, 0.15) is 0 Å². The van der Waals surface area contributed by atoms with Crippen molar-refractivity contribution in [2.75, 3.05) is 11.9 Å². The van der Waals surface area contributed by atoms with Crippen molar-refractivity contribution in [1.29, 1.82) is 0 Å². The maximum atomic E-state index is 13.2. The second-order valence-electron chi connectivity index (χ2n) is 7.64. The molecule has 2 N–H and O–H groups in total. The molecule has 1 saturated carbocycles. The van der Waals surface area contributed by atoms with Crippen molar-refractivity contribution in [3.05, 3.63) is 28.8 Å². The van der Waals surface area contributed by atoms with Crippen LogP contribution in [-0.2, 0) is 9.59 Å². The molecule has 3 rings (SSSR count). The number of anilines is 1. The van der Waals surface area contributed by atoms with Gasteiger partial charge in [-0.3, -0.25) is 14.4 Å². The zero-order valence-corrected chi connectivity index (χ0v) is 16.5. The molecule has 2 fully saturated rings. The number of nitrogens with one attached hydrogen (secondary N) is 2. The lowest BCUT2D eigenvalue weighted by Crippen LogP contribution is -2.47. The van der Waals surface area contributed by atoms with Crippen LogP contribution in [0.15, 0.2) is 18.2 Å². The molecular formula is C20H26ClN3O3. The molecule has 2 aliphatic rings. The fourth-order valence-electron chi connectivity index (χ4n) is 3.58. The van der Waals surface area contributed by atoms with Crippen LogP contribution in [0.3, 0.4) is 0 Å². The van der Waals surface area contributed by atoms with E-state index in [2.05, 4.69) is 10.6 Å². The van der Waals surface area contributed by atoms with Crippen molar-refractivity contribution in [3.8, 4) is 0 Å². The number of carbonyl (C=O) groups excluding carboxylic acids is 3. The SMILES string of the molecule is C[C@H]1CCC[C@H](C)N1C(=O)c1cc(Cl)ccc1NC(=O)C(=O)NCC1CC1. The molecule has 7 heteroatoms. The Morgan fingerprint density at radius 1 is 1.07 bits per heavy atom. The molecule has 1 aromatic carbocycles. The van der Waals surface area contributed by atoms with Gasteiger partial charge in [0.15, 0.2) is 0 Å². The molecule has 3 amide bonds. The van der Waals surface area contributed by atoms with E-state index < -0.39 is 11.8 Å². The third kappa shape index (κ3) is 4.80. The molecule has 6 nitrogen and oxygen atoms in total. The van der Waals surface area contributed by atoms with Gasteiger partial charge in [-0.1, -0.05) is 11.6 Å². The first-order chi connectivity index (χ1) is 12.9. The molecule has 0 aromatic heterocycles. The Morgan fingerprint density at radius 3 is 2.37 bits per heavy atom. The number of hydrogen-bond acceptors (Lipinski definition) is 3. The van der Waals surface area contributed by atoms with Crippen molar-refractivity contribution in [2.45, 2.75) is 58.0 Å². The fraction of sp³-hybridized carbons (Fsp3) is 0.550. The highest BCUT2D eigenvalue weighted by atomic mass is 35.5. The summed E-state index contributed by atoms with van der Waals surface area (Å²) in [6.07, 6.45) is 5.16. The zero-order chi connectivity index (χ0) is 19.6. The quantitative estimate of drug-likeness (QED) is 0.773. The second-order valence-corrected chi connectivity index (χ2v) is 8.08. The van der Waals surface area contributed by atoms with Crippen LogP contribution in [0.1, 0.15) is 56.3 Å². The highest BCUT2D eigenvalue weighted by molar-refractivity contribution is 6.40. The van der Waals surface area contributed by atoms with Gasteiger partial charge in [-0.05, 0) is 70.1 Å². The third-order valence-corrected chi connectivity index (χ3v) is 5.58. The molecule has 1 aliphatic carbocycles. The van der Waals surface area contributed by atoms with Crippen molar-refractivity contribution < 1.29 is 14.4 Å². The first-order valence-corrected chi connectivity index (χ1v) is 9.96. The number of likely N-dealkylation sites (tertiary alicyclic amines) is 1. The van der Waals surface area contributed by atoms with Gasteiger partial charge in [-0.15, -0.1) is 0 Å². The summed E-state index contributed by atoms with van der Waals surface area (Å²) in [4.78, 5) is 39.2. The first kappa shape index (κ1) is 19.7. The maximum absolute atomic E-state index is 13.2. The normalized spacial score (nSPS) is 22.3. The Balaban J connectivity index is 1.76.